The maximum Gasteiger partial charge on any atom is 0.354 e. The molecular weight excluding hydrogens is 220 g/mol. The van der Waals surface area contributed by atoms with E-state index in [-0.39, 0.29) is 5.69 Å². The van der Waals surface area contributed by atoms with Crippen LogP contribution in [-0.2, 0) is 13.6 Å². The molecule has 0 aliphatic carbocycles. The molecule has 17 heavy (non-hydrogen) atoms. The molecule has 0 spiro atoms. The molecule has 0 atom stereocenters. The summed E-state index contributed by atoms with van der Waals surface area (Å²) in [6, 6.07) is 1.94. The molecule has 0 aliphatic rings. The van der Waals surface area contributed by atoms with Crippen LogP contribution in [0.5, 0.6) is 0 Å². The zero-order valence-corrected chi connectivity index (χ0v) is 10.0. The number of carboxylic acid groups (broad SMARTS) is 1. The van der Waals surface area contributed by atoms with Crippen molar-refractivity contribution >= 4 is 5.97 Å². The van der Waals surface area contributed by atoms with Crippen molar-refractivity contribution in [2.45, 2.75) is 20.4 Å². The molecule has 0 saturated carbocycles. The average molecular weight is 234 g/mol. The van der Waals surface area contributed by atoms with Crippen LogP contribution in [0.2, 0.25) is 0 Å². The maximum atomic E-state index is 11.0. The Morgan fingerprint density at radius 3 is 2.71 bits per heavy atom. The number of rotatable bonds is 3. The summed E-state index contributed by atoms with van der Waals surface area (Å²) in [6.45, 7) is 4.16. The lowest BCUT2D eigenvalue weighted by atomic mass is 10.3. The lowest BCUT2D eigenvalue weighted by molar-refractivity contribution is 0.0685. The average Bonchev–Trinajstić information content (AvgIpc) is 2.73. The lowest BCUT2D eigenvalue weighted by Gasteiger charge is -2.07. The zero-order valence-electron chi connectivity index (χ0n) is 10.0. The molecule has 6 heteroatoms. The van der Waals surface area contributed by atoms with E-state index in [2.05, 4.69) is 10.1 Å². The van der Waals surface area contributed by atoms with Crippen LogP contribution in [0.25, 0.3) is 0 Å². The Labute approximate surface area is 98.5 Å². The van der Waals surface area contributed by atoms with Crippen LogP contribution in [-0.4, -0.2) is 30.4 Å². The van der Waals surface area contributed by atoms with Gasteiger partial charge in [0.05, 0.1) is 24.1 Å². The van der Waals surface area contributed by atoms with Gasteiger partial charge < -0.3 is 9.67 Å². The van der Waals surface area contributed by atoms with E-state index in [9.17, 15) is 4.79 Å². The Morgan fingerprint density at radius 2 is 2.18 bits per heavy atom. The highest BCUT2D eigenvalue weighted by Crippen LogP contribution is 2.10. The first-order valence-electron chi connectivity index (χ1n) is 5.24. The quantitative estimate of drug-likeness (QED) is 0.859. The van der Waals surface area contributed by atoms with E-state index in [4.69, 9.17) is 5.11 Å². The van der Waals surface area contributed by atoms with Gasteiger partial charge in [-0.15, -0.1) is 0 Å². The molecule has 2 heterocycles. The smallest absolute Gasteiger partial charge is 0.354 e. The highest BCUT2D eigenvalue weighted by atomic mass is 16.4. The van der Waals surface area contributed by atoms with E-state index < -0.39 is 5.97 Å². The van der Waals surface area contributed by atoms with Crippen molar-refractivity contribution in [2.75, 3.05) is 0 Å². The lowest BCUT2D eigenvalue weighted by Crippen LogP contribution is -2.13. The van der Waals surface area contributed by atoms with Crippen molar-refractivity contribution < 1.29 is 9.90 Å². The van der Waals surface area contributed by atoms with Crippen LogP contribution < -0.4 is 0 Å². The van der Waals surface area contributed by atoms with E-state index in [1.165, 1.54) is 6.20 Å². The normalized spacial score (nSPS) is 10.8. The highest BCUT2D eigenvalue weighted by molar-refractivity contribution is 5.85. The van der Waals surface area contributed by atoms with E-state index in [1.807, 2.05) is 20.0 Å². The Balaban J connectivity index is 2.39. The summed E-state index contributed by atoms with van der Waals surface area (Å²) in [4.78, 5) is 15.1. The first kappa shape index (κ1) is 11.4. The van der Waals surface area contributed by atoms with Gasteiger partial charge in [0, 0.05) is 7.05 Å². The molecule has 0 amide bonds. The van der Waals surface area contributed by atoms with Crippen LogP contribution >= 0.6 is 0 Å². The number of hydrogen-bond acceptors (Lipinski definition) is 3. The Morgan fingerprint density at radius 1 is 1.47 bits per heavy atom. The molecule has 0 aliphatic heterocycles. The van der Waals surface area contributed by atoms with Gasteiger partial charge in [0.15, 0.2) is 0 Å². The van der Waals surface area contributed by atoms with Crippen LogP contribution in [0.15, 0.2) is 12.3 Å². The Hall–Kier alpha value is -2.11. The molecule has 90 valence electrons. The van der Waals surface area contributed by atoms with Gasteiger partial charge >= 0.3 is 5.97 Å². The molecular formula is C11H14N4O2. The van der Waals surface area contributed by atoms with Crippen molar-refractivity contribution in [3.8, 4) is 0 Å². The third-order valence-electron chi connectivity index (χ3n) is 2.69. The van der Waals surface area contributed by atoms with Gasteiger partial charge in [-0.1, -0.05) is 0 Å². The minimum Gasteiger partial charge on any atom is -0.477 e. The second kappa shape index (κ2) is 4.04. The fraction of sp³-hybridized carbons (Fsp3) is 0.364. The van der Waals surface area contributed by atoms with Crippen LogP contribution in [0, 0.1) is 13.8 Å². The van der Waals surface area contributed by atoms with Gasteiger partial charge in [-0.3, -0.25) is 4.68 Å². The topological polar surface area (TPSA) is 72.9 Å². The second-order valence-corrected chi connectivity index (χ2v) is 3.98. The molecule has 0 unspecified atom stereocenters. The molecule has 0 saturated heterocycles. The van der Waals surface area contributed by atoms with E-state index in [0.717, 1.165) is 11.4 Å². The van der Waals surface area contributed by atoms with E-state index in [0.29, 0.717) is 12.4 Å². The van der Waals surface area contributed by atoms with E-state index in [1.54, 1.807) is 16.2 Å². The van der Waals surface area contributed by atoms with E-state index >= 15 is 0 Å². The predicted molar refractivity (Wildman–Crippen MR) is 61.0 cm³/mol. The molecule has 2 aromatic rings. The third kappa shape index (κ3) is 2.06. The van der Waals surface area contributed by atoms with Crippen LogP contribution in [0.4, 0.5) is 0 Å². The Kier molecular flexibility index (Phi) is 2.71. The number of hydrogen-bond donors (Lipinski definition) is 1. The molecule has 6 nitrogen and oxygen atoms in total. The minimum absolute atomic E-state index is 0.196. The van der Waals surface area contributed by atoms with Gasteiger partial charge in [-0.05, 0) is 19.9 Å². The van der Waals surface area contributed by atoms with Crippen molar-refractivity contribution in [3.05, 3.63) is 35.2 Å². The number of carboxylic acids is 1. The summed E-state index contributed by atoms with van der Waals surface area (Å²) in [7, 11) is 1.84. The van der Waals surface area contributed by atoms with Gasteiger partial charge in [-0.25, -0.2) is 9.78 Å². The van der Waals surface area contributed by atoms with Crippen molar-refractivity contribution in [1.82, 2.24) is 19.3 Å². The van der Waals surface area contributed by atoms with Crippen molar-refractivity contribution in [3.63, 3.8) is 0 Å². The number of aromatic carboxylic acids is 1. The number of nitrogens with zero attached hydrogens (tertiary/aromatic N) is 4. The standard InChI is InChI=1S/C11H14N4O2/c1-7-4-9(14(3)13-7)6-15-8(2)12-5-10(15)11(16)17/h4-5H,6H2,1-3H3,(H,16,17). The van der Waals surface area contributed by atoms with Crippen LogP contribution in [0.1, 0.15) is 27.7 Å². The number of carbonyl (C=O) groups is 1. The predicted octanol–water partition coefficient (Wildman–Crippen LogP) is 0.980. The third-order valence-corrected chi connectivity index (χ3v) is 2.69. The molecule has 0 fully saturated rings. The largest absolute Gasteiger partial charge is 0.477 e. The summed E-state index contributed by atoms with van der Waals surface area (Å²) in [5.74, 6) is -0.286. The van der Waals surface area contributed by atoms with Crippen molar-refractivity contribution in [2.24, 2.45) is 7.05 Å². The molecule has 2 rings (SSSR count). The summed E-state index contributed by atoms with van der Waals surface area (Å²) < 4.78 is 3.42. The fourth-order valence-electron chi connectivity index (χ4n) is 1.81. The molecule has 2 aromatic heterocycles. The maximum absolute atomic E-state index is 11.0. The van der Waals surface area contributed by atoms with Gasteiger partial charge in [0.2, 0.25) is 0 Å². The molecule has 0 aromatic carbocycles. The van der Waals surface area contributed by atoms with Gasteiger partial charge in [-0.2, -0.15) is 5.10 Å². The Bertz CT molecular complexity index is 568. The SMILES string of the molecule is Cc1cc(Cn2c(C(=O)O)cnc2C)n(C)n1. The molecule has 0 bridgehead atoms. The van der Waals surface area contributed by atoms with Gasteiger partial charge in [0.25, 0.3) is 0 Å². The number of aromatic nitrogens is 4. The van der Waals surface area contributed by atoms with Crippen LogP contribution in [0.3, 0.4) is 0 Å². The molecule has 1 N–H and O–H groups in total. The highest BCUT2D eigenvalue weighted by Gasteiger charge is 2.14. The first-order valence-corrected chi connectivity index (χ1v) is 5.24. The first-order chi connectivity index (χ1) is 7.99. The molecule has 0 radical (unpaired) electrons. The fourth-order valence-corrected chi connectivity index (χ4v) is 1.81. The summed E-state index contributed by atoms with van der Waals surface area (Å²) in [5.41, 5.74) is 2.06. The zero-order chi connectivity index (χ0) is 12.6. The monoisotopic (exact) mass is 234 g/mol. The second-order valence-electron chi connectivity index (χ2n) is 3.98. The minimum atomic E-state index is -0.968. The number of imidazole rings is 1. The summed E-state index contributed by atoms with van der Waals surface area (Å²) in [6.07, 6.45) is 1.38. The van der Waals surface area contributed by atoms with Crippen molar-refractivity contribution in [1.29, 1.82) is 0 Å². The summed E-state index contributed by atoms with van der Waals surface area (Å²) in [5, 5.41) is 13.3. The number of aryl methyl sites for hydroxylation is 3. The summed E-state index contributed by atoms with van der Waals surface area (Å²) >= 11 is 0. The van der Waals surface area contributed by atoms with Gasteiger partial charge in [0.1, 0.15) is 11.5 Å².